The van der Waals surface area contributed by atoms with Crippen molar-refractivity contribution in [3.8, 4) is 0 Å². The fourth-order valence-electron chi connectivity index (χ4n) is 1.59. The van der Waals surface area contributed by atoms with E-state index in [1.54, 1.807) is 10.9 Å². The summed E-state index contributed by atoms with van der Waals surface area (Å²) < 4.78 is 29.2. The Kier molecular flexibility index (Phi) is 3.75. The number of benzene rings is 1. The van der Waals surface area contributed by atoms with Gasteiger partial charge in [0.05, 0.1) is 17.6 Å². The minimum atomic E-state index is -1.06. The number of thiocarbonyl (C=S) groups is 1. The van der Waals surface area contributed by atoms with Gasteiger partial charge in [0.2, 0.25) is 0 Å². The summed E-state index contributed by atoms with van der Waals surface area (Å²) in [6, 6.07) is 2.73. The molecule has 0 saturated carbocycles. The third-order valence-corrected chi connectivity index (χ3v) is 2.80. The Morgan fingerprint density at radius 1 is 1.42 bits per heavy atom. The number of rotatable bonds is 4. The topological polar surface area (TPSA) is 55.9 Å². The van der Waals surface area contributed by atoms with Crippen LogP contribution in [0, 0.1) is 11.6 Å². The van der Waals surface area contributed by atoms with E-state index < -0.39 is 11.6 Å². The maximum atomic E-state index is 13.8. The van der Waals surface area contributed by atoms with E-state index in [4.69, 9.17) is 5.73 Å². The van der Waals surface area contributed by atoms with Gasteiger partial charge in [-0.1, -0.05) is 12.2 Å². The molecule has 1 heterocycles. The lowest BCUT2D eigenvalue weighted by Gasteiger charge is -2.08. The molecule has 1 aromatic heterocycles. The molecule has 0 aliphatic heterocycles. The Labute approximate surface area is 114 Å². The predicted octanol–water partition coefficient (Wildman–Crippen LogP) is 2.56. The number of aromatic nitrogens is 2. The molecule has 0 unspecified atom stereocenters. The number of hydrogen-bond acceptors (Lipinski definition) is 3. The van der Waals surface area contributed by atoms with Crippen molar-refractivity contribution in [1.82, 2.24) is 9.78 Å². The van der Waals surface area contributed by atoms with Crippen LogP contribution in [0.1, 0.15) is 12.5 Å². The van der Waals surface area contributed by atoms with Crippen molar-refractivity contribution in [2.24, 2.45) is 5.73 Å². The molecule has 0 spiro atoms. The van der Waals surface area contributed by atoms with Crippen LogP contribution in [0.25, 0.3) is 0 Å². The van der Waals surface area contributed by atoms with Crippen molar-refractivity contribution in [2.75, 3.05) is 5.32 Å². The molecule has 0 bridgehead atoms. The molecule has 19 heavy (non-hydrogen) atoms. The average molecular weight is 282 g/mol. The Balaban J connectivity index is 2.31. The number of aryl methyl sites for hydroxylation is 1. The van der Waals surface area contributed by atoms with Gasteiger partial charge < -0.3 is 11.1 Å². The molecule has 4 nitrogen and oxygen atoms in total. The summed E-state index contributed by atoms with van der Waals surface area (Å²) in [6.07, 6.45) is 3.22. The van der Waals surface area contributed by atoms with E-state index in [9.17, 15) is 8.78 Å². The molecule has 0 amide bonds. The molecule has 7 heteroatoms. The standard InChI is InChI=1S/C12H12F2N4S/c1-2-18-6-7(5-16-18)17-9-4-3-8(12(15)19)10(13)11(9)14/h3-6,17H,2H2,1H3,(H2,15,19). The molecule has 0 atom stereocenters. The highest BCUT2D eigenvalue weighted by Crippen LogP contribution is 2.24. The maximum Gasteiger partial charge on any atom is 0.182 e. The summed E-state index contributed by atoms with van der Waals surface area (Å²) in [5.41, 5.74) is 5.77. The number of hydrogen-bond donors (Lipinski definition) is 2. The smallest absolute Gasteiger partial charge is 0.182 e. The van der Waals surface area contributed by atoms with Crippen LogP contribution in [0.2, 0.25) is 0 Å². The SMILES string of the molecule is CCn1cc(Nc2ccc(C(N)=S)c(F)c2F)cn1. The van der Waals surface area contributed by atoms with Gasteiger partial charge in [-0.25, -0.2) is 8.78 Å². The van der Waals surface area contributed by atoms with Crippen LogP contribution < -0.4 is 11.1 Å². The Morgan fingerprint density at radius 2 is 2.16 bits per heavy atom. The molecule has 0 saturated heterocycles. The third-order valence-electron chi connectivity index (χ3n) is 2.58. The van der Waals surface area contributed by atoms with Crippen LogP contribution in [-0.2, 0) is 6.54 Å². The summed E-state index contributed by atoms with van der Waals surface area (Å²) >= 11 is 4.64. The van der Waals surface area contributed by atoms with E-state index in [2.05, 4.69) is 22.6 Å². The molecular formula is C12H12F2N4S. The molecule has 2 aromatic rings. The fraction of sp³-hybridized carbons (Fsp3) is 0.167. The molecule has 0 radical (unpaired) electrons. The van der Waals surface area contributed by atoms with Crippen molar-refractivity contribution >= 4 is 28.6 Å². The normalized spacial score (nSPS) is 10.5. The second kappa shape index (κ2) is 5.31. The van der Waals surface area contributed by atoms with Gasteiger partial charge >= 0.3 is 0 Å². The monoisotopic (exact) mass is 282 g/mol. The first-order valence-corrected chi connectivity index (χ1v) is 6.01. The molecule has 1 aromatic carbocycles. The van der Waals surface area contributed by atoms with E-state index in [1.165, 1.54) is 18.3 Å². The highest BCUT2D eigenvalue weighted by molar-refractivity contribution is 7.80. The minimum Gasteiger partial charge on any atom is -0.389 e. The number of anilines is 2. The molecule has 3 N–H and O–H groups in total. The van der Waals surface area contributed by atoms with Crippen molar-refractivity contribution in [2.45, 2.75) is 13.5 Å². The number of halogens is 2. The van der Waals surface area contributed by atoms with Gasteiger partial charge in [0.25, 0.3) is 0 Å². The van der Waals surface area contributed by atoms with Crippen molar-refractivity contribution in [3.63, 3.8) is 0 Å². The second-order valence-corrected chi connectivity index (χ2v) is 4.30. The zero-order chi connectivity index (χ0) is 14.0. The van der Waals surface area contributed by atoms with Crippen LogP contribution in [0.15, 0.2) is 24.5 Å². The third kappa shape index (κ3) is 2.70. The van der Waals surface area contributed by atoms with Crippen LogP contribution >= 0.6 is 12.2 Å². The van der Waals surface area contributed by atoms with Gasteiger partial charge in [-0.2, -0.15) is 5.10 Å². The highest BCUT2D eigenvalue weighted by Gasteiger charge is 2.15. The van der Waals surface area contributed by atoms with Gasteiger partial charge in [0, 0.05) is 18.3 Å². The molecule has 0 aliphatic carbocycles. The van der Waals surface area contributed by atoms with Gasteiger partial charge in [-0.15, -0.1) is 0 Å². The van der Waals surface area contributed by atoms with Crippen LogP contribution in [0.4, 0.5) is 20.2 Å². The zero-order valence-corrected chi connectivity index (χ0v) is 11.0. The quantitative estimate of drug-likeness (QED) is 0.846. The summed E-state index contributed by atoms with van der Waals surface area (Å²) in [4.78, 5) is -0.179. The van der Waals surface area contributed by atoms with Crippen molar-refractivity contribution in [3.05, 3.63) is 41.7 Å². The van der Waals surface area contributed by atoms with Gasteiger partial charge in [0.1, 0.15) is 4.99 Å². The molecule has 100 valence electrons. The first kappa shape index (κ1) is 13.4. The molecular weight excluding hydrogens is 270 g/mol. The minimum absolute atomic E-state index is 0.00755. The first-order valence-electron chi connectivity index (χ1n) is 5.60. The Bertz CT molecular complexity index is 624. The molecule has 0 fully saturated rings. The van der Waals surface area contributed by atoms with Crippen LogP contribution in [-0.4, -0.2) is 14.8 Å². The van der Waals surface area contributed by atoms with Gasteiger partial charge in [0.15, 0.2) is 11.6 Å². The lowest BCUT2D eigenvalue weighted by molar-refractivity contribution is 0.510. The lowest BCUT2D eigenvalue weighted by atomic mass is 10.1. The van der Waals surface area contributed by atoms with Gasteiger partial charge in [-0.05, 0) is 19.1 Å². The first-order chi connectivity index (χ1) is 9.02. The Hall–Kier alpha value is -2.02. The van der Waals surface area contributed by atoms with E-state index >= 15 is 0 Å². The Morgan fingerprint density at radius 3 is 2.74 bits per heavy atom. The molecule has 2 rings (SSSR count). The van der Waals surface area contributed by atoms with E-state index in [1.807, 2.05) is 6.92 Å². The summed E-state index contributed by atoms with van der Waals surface area (Å²) in [6.45, 7) is 2.62. The summed E-state index contributed by atoms with van der Waals surface area (Å²) in [5, 5.41) is 6.78. The summed E-state index contributed by atoms with van der Waals surface area (Å²) in [7, 11) is 0. The van der Waals surface area contributed by atoms with Crippen LogP contribution in [0.5, 0.6) is 0 Å². The zero-order valence-electron chi connectivity index (χ0n) is 10.2. The summed E-state index contributed by atoms with van der Waals surface area (Å²) in [5.74, 6) is -2.07. The number of nitrogens with two attached hydrogens (primary N) is 1. The van der Waals surface area contributed by atoms with E-state index in [0.717, 1.165) is 0 Å². The van der Waals surface area contributed by atoms with Crippen LogP contribution in [0.3, 0.4) is 0 Å². The maximum absolute atomic E-state index is 13.8. The van der Waals surface area contributed by atoms with Gasteiger partial charge in [-0.3, -0.25) is 4.68 Å². The van der Waals surface area contributed by atoms with E-state index in [-0.39, 0.29) is 16.2 Å². The second-order valence-electron chi connectivity index (χ2n) is 3.86. The number of nitrogens with one attached hydrogen (secondary N) is 1. The highest BCUT2D eigenvalue weighted by atomic mass is 32.1. The van der Waals surface area contributed by atoms with Crippen molar-refractivity contribution in [1.29, 1.82) is 0 Å². The van der Waals surface area contributed by atoms with E-state index in [0.29, 0.717) is 12.2 Å². The number of nitrogens with zero attached hydrogens (tertiary/aromatic N) is 2. The van der Waals surface area contributed by atoms with Crippen molar-refractivity contribution < 1.29 is 8.78 Å². The molecule has 0 aliphatic rings. The average Bonchev–Trinajstić information content (AvgIpc) is 2.82. The fourth-order valence-corrected chi connectivity index (χ4v) is 1.75. The lowest BCUT2D eigenvalue weighted by Crippen LogP contribution is -2.13. The largest absolute Gasteiger partial charge is 0.389 e. The predicted molar refractivity (Wildman–Crippen MR) is 73.4 cm³/mol.